The Balaban J connectivity index is 1.87. The van der Waals surface area contributed by atoms with Crippen LogP contribution in [0.4, 0.5) is 0 Å². The first-order valence-electron chi connectivity index (χ1n) is 6.49. The van der Waals surface area contributed by atoms with Crippen LogP contribution in [0.3, 0.4) is 0 Å². The largest absolute Gasteiger partial charge is 0.508 e. The Morgan fingerprint density at radius 1 is 1.56 bits per heavy atom. The monoisotopic (exact) mass is 250 g/mol. The van der Waals surface area contributed by atoms with Crippen LogP contribution in [0.5, 0.6) is 11.5 Å². The van der Waals surface area contributed by atoms with Gasteiger partial charge in [-0.15, -0.1) is 0 Å². The van der Waals surface area contributed by atoms with E-state index in [0.29, 0.717) is 30.7 Å². The average Bonchev–Trinajstić information content (AvgIpc) is 2.77. The van der Waals surface area contributed by atoms with Gasteiger partial charge in [-0.3, -0.25) is 0 Å². The third-order valence-electron chi connectivity index (χ3n) is 3.68. The zero-order valence-corrected chi connectivity index (χ0v) is 10.9. The van der Waals surface area contributed by atoms with E-state index in [0.717, 1.165) is 13.1 Å². The van der Waals surface area contributed by atoms with Gasteiger partial charge < -0.3 is 20.5 Å². The Kier molecular flexibility index (Phi) is 4.44. The molecule has 0 saturated carbocycles. The summed E-state index contributed by atoms with van der Waals surface area (Å²) in [5, 5.41) is 9.37. The van der Waals surface area contributed by atoms with E-state index in [-0.39, 0.29) is 5.75 Å². The van der Waals surface area contributed by atoms with E-state index in [1.165, 1.54) is 6.42 Å². The summed E-state index contributed by atoms with van der Waals surface area (Å²) >= 11 is 0. The number of hydrogen-bond donors (Lipinski definition) is 2. The Morgan fingerprint density at radius 3 is 3.00 bits per heavy atom. The summed E-state index contributed by atoms with van der Waals surface area (Å²) in [6.45, 7) is 3.52. The highest BCUT2D eigenvalue weighted by Crippen LogP contribution is 2.24. The van der Waals surface area contributed by atoms with Crippen molar-refractivity contribution in [2.45, 2.75) is 6.42 Å². The Hall–Kier alpha value is -1.26. The molecule has 1 saturated heterocycles. The summed E-state index contributed by atoms with van der Waals surface area (Å²) in [5.41, 5.74) is 5.84. The number of aromatic hydroxyl groups is 1. The number of nitrogens with zero attached hydrogens (tertiary/aromatic N) is 1. The van der Waals surface area contributed by atoms with E-state index in [4.69, 9.17) is 10.5 Å². The molecule has 1 aliphatic heterocycles. The zero-order chi connectivity index (χ0) is 13.0. The van der Waals surface area contributed by atoms with E-state index < -0.39 is 0 Å². The standard InChI is InChI=1S/C14H22N2O2/c1-16-6-5-11(9-16)12(8-15)10-18-14-4-2-3-13(17)7-14/h2-4,7,11-12,17H,5-6,8-10,15H2,1H3. The van der Waals surface area contributed by atoms with Crippen molar-refractivity contribution >= 4 is 0 Å². The van der Waals surface area contributed by atoms with Gasteiger partial charge in [-0.1, -0.05) is 6.07 Å². The van der Waals surface area contributed by atoms with Crippen LogP contribution in [0.1, 0.15) is 6.42 Å². The lowest BCUT2D eigenvalue weighted by molar-refractivity contribution is 0.199. The van der Waals surface area contributed by atoms with Gasteiger partial charge in [0.05, 0.1) is 6.61 Å². The Bertz CT molecular complexity index is 384. The van der Waals surface area contributed by atoms with Gasteiger partial charge in [-0.25, -0.2) is 0 Å². The lowest BCUT2D eigenvalue weighted by Gasteiger charge is -2.22. The molecule has 1 aliphatic rings. The number of likely N-dealkylation sites (tertiary alicyclic amines) is 1. The number of nitrogens with two attached hydrogens (primary N) is 1. The van der Waals surface area contributed by atoms with E-state index in [1.54, 1.807) is 18.2 Å². The predicted octanol–water partition coefficient (Wildman–Crippen LogP) is 1.30. The molecule has 2 unspecified atom stereocenters. The molecule has 4 nitrogen and oxygen atoms in total. The SMILES string of the molecule is CN1CCC(C(CN)COc2cccc(O)c2)C1. The van der Waals surface area contributed by atoms with E-state index in [2.05, 4.69) is 11.9 Å². The third-order valence-corrected chi connectivity index (χ3v) is 3.68. The summed E-state index contributed by atoms with van der Waals surface area (Å²) in [7, 11) is 2.14. The highest BCUT2D eigenvalue weighted by atomic mass is 16.5. The first-order valence-corrected chi connectivity index (χ1v) is 6.49. The molecular weight excluding hydrogens is 228 g/mol. The van der Waals surface area contributed by atoms with Gasteiger partial charge in [0, 0.05) is 18.5 Å². The van der Waals surface area contributed by atoms with Crippen molar-refractivity contribution in [1.82, 2.24) is 4.90 Å². The predicted molar refractivity (Wildman–Crippen MR) is 71.8 cm³/mol. The molecule has 100 valence electrons. The van der Waals surface area contributed by atoms with Crippen molar-refractivity contribution in [2.75, 3.05) is 33.3 Å². The van der Waals surface area contributed by atoms with Crippen LogP contribution in [0.25, 0.3) is 0 Å². The summed E-state index contributed by atoms with van der Waals surface area (Å²) in [4.78, 5) is 2.33. The minimum absolute atomic E-state index is 0.234. The molecule has 0 aliphatic carbocycles. The molecule has 3 N–H and O–H groups in total. The van der Waals surface area contributed by atoms with Crippen LogP contribution in [-0.4, -0.2) is 43.3 Å². The second-order valence-electron chi connectivity index (χ2n) is 5.12. The van der Waals surface area contributed by atoms with Crippen molar-refractivity contribution in [3.63, 3.8) is 0 Å². The van der Waals surface area contributed by atoms with E-state index in [1.807, 2.05) is 6.07 Å². The number of benzene rings is 1. The number of phenols is 1. The molecule has 0 amide bonds. The topological polar surface area (TPSA) is 58.7 Å². The van der Waals surface area contributed by atoms with Crippen LogP contribution in [0.15, 0.2) is 24.3 Å². The van der Waals surface area contributed by atoms with Crippen molar-refractivity contribution in [1.29, 1.82) is 0 Å². The maximum Gasteiger partial charge on any atom is 0.122 e. The molecule has 0 radical (unpaired) electrons. The van der Waals surface area contributed by atoms with Gasteiger partial charge in [0.15, 0.2) is 0 Å². The molecule has 4 heteroatoms. The first-order chi connectivity index (χ1) is 8.69. The van der Waals surface area contributed by atoms with Gasteiger partial charge >= 0.3 is 0 Å². The van der Waals surface area contributed by atoms with Gasteiger partial charge in [0.2, 0.25) is 0 Å². The fourth-order valence-electron chi connectivity index (χ4n) is 2.53. The molecule has 2 atom stereocenters. The van der Waals surface area contributed by atoms with Crippen LogP contribution in [-0.2, 0) is 0 Å². The second kappa shape index (κ2) is 6.07. The van der Waals surface area contributed by atoms with E-state index in [9.17, 15) is 5.11 Å². The highest BCUT2D eigenvalue weighted by Gasteiger charge is 2.27. The average molecular weight is 250 g/mol. The molecule has 0 bridgehead atoms. The molecule has 1 heterocycles. The van der Waals surface area contributed by atoms with Crippen LogP contribution < -0.4 is 10.5 Å². The molecule has 0 spiro atoms. The molecule has 0 aromatic heterocycles. The Morgan fingerprint density at radius 2 is 2.39 bits per heavy atom. The molecule has 2 rings (SSSR count). The molecular formula is C14H22N2O2. The van der Waals surface area contributed by atoms with Crippen molar-refractivity contribution in [3.05, 3.63) is 24.3 Å². The van der Waals surface area contributed by atoms with Gasteiger partial charge in [0.25, 0.3) is 0 Å². The maximum atomic E-state index is 9.37. The van der Waals surface area contributed by atoms with Gasteiger partial charge in [-0.2, -0.15) is 0 Å². The number of phenolic OH excluding ortho intramolecular Hbond substituents is 1. The lowest BCUT2D eigenvalue weighted by Crippen LogP contribution is -2.30. The first kappa shape index (κ1) is 13.2. The van der Waals surface area contributed by atoms with E-state index >= 15 is 0 Å². The Labute approximate surface area is 108 Å². The van der Waals surface area contributed by atoms with Crippen molar-refractivity contribution < 1.29 is 9.84 Å². The highest BCUT2D eigenvalue weighted by molar-refractivity contribution is 5.31. The summed E-state index contributed by atoms with van der Waals surface area (Å²) in [6, 6.07) is 6.91. The minimum atomic E-state index is 0.234. The smallest absolute Gasteiger partial charge is 0.122 e. The minimum Gasteiger partial charge on any atom is -0.508 e. The molecule has 1 fully saturated rings. The second-order valence-corrected chi connectivity index (χ2v) is 5.12. The zero-order valence-electron chi connectivity index (χ0n) is 10.9. The summed E-state index contributed by atoms with van der Waals surface area (Å²) in [6.07, 6.45) is 1.20. The van der Waals surface area contributed by atoms with Crippen LogP contribution in [0, 0.1) is 11.8 Å². The normalized spacial score (nSPS) is 22.0. The van der Waals surface area contributed by atoms with Gasteiger partial charge in [-0.05, 0) is 44.6 Å². The van der Waals surface area contributed by atoms with Crippen molar-refractivity contribution in [3.8, 4) is 11.5 Å². The quantitative estimate of drug-likeness (QED) is 0.827. The number of hydrogen-bond acceptors (Lipinski definition) is 4. The maximum absolute atomic E-state index is 9.37. The third kappa shape index (κ3) is 3.37. The number of rotatable bonds is 5. The molecule has 1 aromatic rings. The fraction of sp³-hybridized carbons (Fsp3) is 0.571. The summed E-state index contributed by atoms with van der Waals surface area (Å²) < 4.78 is 5.73. The molecule has 1 aromatic carbocycles. The summed E-state index contributed by atoms with van der Waals surface area (Å²) in [5.74, 6) is 1.95. The van der Waals surface area contributed by atoms with Crippen LogP contribution in [0.2, 0.25) is 0 Å². The van der Waals surface area contributed by atoms with Crippen LogP contribution >= 0.6 is 0 Å². The van der Waals surface area contributed by atoms with Gasteiger partial charge in [0.1, 0.15) is 11.5 Å². The molecule has 18 heavy (non-hydrogen) atoms. The number of ether oxygens (including phenoxy) is 1. The fourth-order valence-corrected chi connectivity index (χ4v) is 2.53. The lowest BCUT2D eigenvalue weighted by atomic mass is 9.92. The van der Waals surface area contributed by atoms with Crippen molar-refractivity contribution in [2.24, 2.45) is 17.6 Å².